The van der Waals surface area contributed by atoms with Crippen molar-refractivity contribution in [1.82, 2.24) is 4.98 Å². The van der Waals surface area contributed by atoms with Gasteiger partial charge in [-0.05, 0) is 39.0 Å². The maximum absolute atomic E-state index is 14.7. The minimum absolute atomic E-state index is 0.0263. The highest BCUT2D eigenvalue weighted by molar-refractivity contribution is 5.97. The van der Waals surface area contributed by atoms with Gasteiger partial charge in [-0.1, -0.05) is 13.0 Å². The van der Waals surface area contributed by atoms with E-state index in [-0.39, 0.29) is 16.9 Å². The van der Waals surface area contributed by atoms with Crippen LogP contribution in [-0.4, -0.2) is 40.8 Å². The van der Waals surface area contributed by atoms with Gasteiger partial charge in [0.2, 0.25) is 5.82 Å². The second-order valence-electron chi connectivity index (χ2n) is 8.69. The Morgan fingerprint density at radius 2 is 1.89 bits per heavy atom. The Morgan fingerprint density at radius 3 is 2.46 bits per heavy atom. The number of benzene rings is 1. The van der Waals surface area contributed by atoms with Crippen molar-refractivity contribution in [2.45, 2.75) is 57.6 Å². The van der Waals surface area contributed by atoms with E-state index in [0.717, 1.165) is 25.1 Å². The summed E-state index contributed by atoms with van der Waals surface area (Å²) in [5, 5.41) is 2.39. The van der Waals surface area contributed by atoms with Crippen LogP contribution in [0.2, 0.25) is 0 Å². The fourth-order valence-electron chi connectivity index (χ4n) is 4.04. The third-order valence-corrected chi connectivity index (χ3v) is 6.00. The first-order valence-corrected chi connectivity index (χ1v) is 10.6. The lowest BCUT2D eigenvalue weighted by molar-refractivity contribution is -0.272. The zero-order valence-corrected chi connectivity index (χ0v) is 19.2. The number of amides is 2. The van der Waals surface area contributed by atoms with Crippen LogP contribution in [0.25, 0.3) is 0 Å². The van der Waals surface area contributed by atoms with E-state index >= 15 is 0 Å². The summed E-state index contributed by atoms with van der Waals surface area (Å²) in [7, 11) is 0. The molecule has 1 saturated heterocycles. The van der Waals surface area contributed by atoms with Gasteiger partial charge in [-0.3, -0.25) is 14.6 Å². The van der Waals surface area contributed by atoms with E-state index in [9.17, 15) is 31.5 Å². The highest BCUT2D eigenvalue weighted by Crippen LogP contribution is 2.55. The monoisotopic (exact) mass is 501 g/mol. The van der Waals surface area contributed by atoms with Crippen LogP contribution in [0.15, 0.2) is 30.5 Å². The molecule has 1 aliphatic rings. The molecule has 0 radical (unpaired) electrons. The van der Waals surface area contributed by atoms with E-state index in [1.807, 2.05) is 0 Å². The predicted octanol–water partition coefficient (Wildman–Crippen LogP) is 4.32. The number of pyridine rings is 1. The Labute approximate surface area is 197 Å². The number of halogens is 5. The molecule has 2 aromatic rings. The molecular formula is C23H24F5N3O4. The molecule has 35 heavy (non-hydrogen) atoms. The molecule has 1 fully saturated rings. The number of nitrogens with two attached hydrogens (primary N) is 1. The maximum atomic E-state index is 14.7. The lowest BCUT2D eigenvalue weighted by atomic mass is 9.77. The van der Waals surface area contributed by atoms with E-state index in [2.05, 4.69) is 10.3 Å². The highest BCUT2D eigenvalue weighted by Gasteiger charge is 2.66. The Balaban J connectivity index is 2.10. The van der Waals surface area contributed by atoms with Gasteiger partial charge in [0.1, 0.15) is 11.8 Å². The van der Waals surface area contributed by atoms with Gasteiger partial charge in [-0.2, -0.15) is 17.6 Å². The molecule has 2 amide bonds. The molecule has 1 aliphatic heterocycles. The number of hydrogen-bond acceptors (Lipinski definition) is 5. The number of aromatic nitrogens is 1. The van der Waals surface area contributed by atoms with Crippen LogP contribution in [0.5, 0.6) is 5.75 Å². The molecule has 3 N–H and O–H groups in total. The first kappa shape index (κ1) is 26.3. The number of alkyl halides is 3. The van der Waals surface area contributed by atoms with Gasteiger partial charge in [0, 0.05) is 29.3 Å². The summed E-state index contributed by atoms with van der Waals surface area (Å²) in [6.45, 7) is 5.07. The summed E-state index contributed by atoms with van der Waals surface area (Å²) >= 11 is 0. The van der Waals surface area contributed by atoms with Crippen LogP contribution in [0.4, 0.5) is 27.6 Å². The maximum Gasteiger partial charge on any atom is 0.417 e. The number of ether oxygens (including phenoxy) is 2. The number of primary amides is 1. The average Bonchev–Trinajstić information content (AvgIpc) is 3.04. The van der Waals surface area contributed by atoms with Crippen molar-refractivity contribution in [2.24, 2.45) is 11.7 Å². The Kier molecular flexibility index (Phi) is 7.07. The van der Waals surface area contributed by atoms with Crippen LogP contribution < -0.4 is 15.8 Å². The van der Waals surface area contributed by atoms with Crippen LogP contribution in [-0.2, 0) is 9.53 Å². The standard InChI is InChI=1S/C23H24F5N3O4/c1-10(2)34-18-13(5-6-14(24)17(18)25)16-11(3)22(4,23(26,27)28)35-19(16)21(33)31-12-7-8-30-15(9-12)20(29)32/h5-11,16,19H,1-4H3,(H2,29,32)(H,30,31,33)/t11-,16-,19+,22-/m0/s1. The number of nitrogens with one attached hydrogen (secondary N) is 1. The molecule has 0 saturated carbocycles. The Bertz CT molecular complexity index is 1140. The fraction of sp³-hybridized carbons (Fsp3) is 0.435. The van der Waals surface area contributed by atoms with E-state index in [4.69, 9.17) is 15.2 Å². The Hall–Kier alpha value is -3.28. The number of carbonyl (C=O) groups is 2. The summed E-state index contributed by atoms with van der Waals surface area (Å²) in [5.74, 6) is -7.90. The zero-order valence-electron chi connectivity index (χ0n) is 19.2. The molecule has 12 heteroatoms. The fourth-order valence-corrected chi connectivity index (χ4v) is 4.04. The van der Waals surface area contributed by atoms with Crippen LogP contribution in [0.3, 0.4) is 0 Å². The molecule has 1 aromatic heterocycles. The van der Waals surface area contributed by atoms with Crippen LogP contribution >= 0.6 is 0 Å². The minimum Gasteiger partial charge on any atom is -0.488 e. The van der Waals surface area contributed by atoms with E-state index in [1.54, 1.807) is 0 Å². The molecule has 2 heterocycles. The summed E-state index contributed by atoms with van der Waals surface area (Å²) in [4.78, 5) is 28.3. The van der Waals surface area contributed by atoms with E-state index < -0.39 is 65.0 Å². The SMILES string of the molecule is CC(C)Oc1c([C@H]2[C@H](C(=O)Nc3ccnc(C(N)=O)c3)O[C@](C)(C(F)(F)F)[C@H]2C)ccc(F)c1F. The first-order valence-electron chi connectivity index (χ1n) is 10.6. The third kappa shape index (κ3) is 4.93. The highest BCUT2D eigenvalue weighted by atomic mass is 19.4. The Morgan fingerprint density at radius 1 is 1.23 bits per heavy atom. The number of nitrogens with zero attached hydrogens (tertiary/aromatic N) is 1. The topological polar surface area (TPSA) is 104 Å². The van der Waals surface area contributed by atoms with Gasteiger partial charge >= 0.3 is 6.18 Å². The molecule has 0 aliphatic carbocycles. The largest absolute Gasteiger partial charge is 0.488 e. The van der Waals surface area contributed by atoms with E-state index in [0.29, 0.717) is 0 Å². The molecule has 4 atom stereocenters. The zero-order chi connectivity index (χ0) is 26.3. The summed E-state index contributed by atoms with van der Waals surface area (Å²) in [5.41, 5.74) is 2.07. The quantitative estimate of drug-likeness (QED) is 0.574. The number of anilines is 1. The van der Waals surface area contributed by atoms with Crippen molar-refractivity contribution >= 4 is 17.5 Å². The lowest BCUT2D eigenvalue weighted by Crippen LogP contribution is -2.47. The second-order valence-corrected chi connectivity index (χ2v) is 8.69. The van der Waals surface area contributed by atoms with Crippen molar-refractivity contribution in [1.29, 1.82) is 0 Å². The van der Waals surface area contributed by atoms with Gasteiger partial charge in [-0.25, -0.2) is 4.39 Å². The van der Waals surface area contributed by atoms with Gasteiger partial charge in [0.25, 0.3) is 11.8 Å². The normalized spacial score (nSPS) is 24.5. The van der Waals surface area contributed by atoms with Crippen molar-refractivity contribution < 1.29 is 41.0 Å². The van der Waals surface area contributed by atoms with Crippen molar-refractivity contribution in [2.75, 3.05) is 5.32 Å². The van der Waals surface area contributed by atoms with Crippen LogP contribution in [0, 0.1) is 17.6 Å². The minimum atomic E-state index is -4.90. The van der Waals surface area contributed by atoms with Crippen molar-refractivity contribution in [3.63, 3.8) is 0 Å². The smallest absolute Gasteiger partial charge is 0.417 e. The lowest BCUT2D eigenvalue weighted by Gasteiger charge is -2.32. The number of hydrogen-bond donors (Lipinski definition) is 2. The summed E-state index contributed by atoms with van der Waals surface area (Å²) in [6, 6.07) is 4.28. The van der Waals surface area contributed by atoms with Crippen molar-refractivity contribution in [3.8, 4) is 5.75 Å². The molecule has 0 bridgehead atoms. The summed E-state index contributed by atoms with van der Waals surface area (Å²) in [6.07, 6.45) is -6.14. The summed E-state index contributed by atoms with van der Waals surface area (Å²) < 4.78 is 81.6. The molecule has 190 valence electrons. The molecule has 0 spiro atoms. The van der Waals surface area contributed by atoms with Gasteiger partial charge < -0.3 is 20.5 Å². The van der Waals surface area contributed by atoms with Gasteiger partial charge in [-0.15, -0.1) is 0 Å². The van der Waals surface area contributed by atoms with Crippen molar-refractivity contribution in [3.05, 3.63) is 53.4 Å². The number of rotatable bonds is 6. The molecule has 7 nitrogen and oxygen atoms in total. The van der Waals surface area contributed by atoms with Gasteiger partial charge in [0.15, 0.2) is 17.2 Å². The molecule has 3 rings (SSSR count). The molecule has 0 unspecified atom stereocenters. The second kappa shape index (κ2) is 9.40. The van der Waals surface area contributed by atoms with Gasteiger partial charge in [0.05, 0.1) is 6.10 Å². The third-order valence-electron chi connectivity index (χ3n) is 6.00. The number of carbonyl (C=O) groups excluding carboxylic acids is 2. The predicted molar refractivity (Wildman–Crippen MR) is 115 cm³/mol. The first-order chi connectivity index (χ1) is 16.2. The van der Waals surface area contributed by atoms with Crippen LogP contribution in [0.1, 0.15) is 49.7 Å². The average molecular weight is 501 g/mol. The molecular weight excluding hydrogens is 477 g/mol. The van der Waals surface area contributed by atoms with E-state index in [1.165, 1.54) is 33.0 Å². The molecule has 1 aromatic carbocycles.